The summed E-state index contributed by atoms with van der Waals surface area (Å²) in [4.78, 5) is 15.8. The lowest BCUT2D eigenvalue weighted by Gasteiger charge is -2.07. The summed E-state index contributed by atoms with van der Waals surface area (Å²) >= 11 is 0. The van der Waals surface area contributed by atoms with E-state index in [9.17, 15) is 4.79 Å². The van der Waals surface area contributed by atoms with Crippen molar-refractivity contribution >= 4 is 5.91 Å². The SMILES string of the molecule is NC(=O)c1cccc(-c2ccc(CNCc3ccccc3)cn2)c1. The minimum Gasteiger partial charge on any atom is -0.366 e. The molecule has 1 amide bonds. The number of carbonyl (C=O) groups is 1. The molecule has 3 rings (SSSR count). The lowest BCUT2D eigenvalue weighted by Crippen LogP contribution is -2.12. The van der Waals surface area contributed by atoms with Gasteiger partial charge in [0.05, 0.1) is 5.69 Å². The van der Waals surface area contributed by atoms with Crippen molar-refractivity contribution in [3.63, 3.8) is 0 Å². The number of hydrogen-bond donors (Lipinski definition) is 2. The van der Waals surface area contributed by atoms with Gasteiger partial charge in [0, 0.05) is 30.4 Å². The second kappa shape index (κ2) is 7.53. The zero-order valence-corrected chi connectivity index (χ0v) is 13.3. The summed E-state index contributed by atoms with van der Waals surface area (Å²) in [5.74, 6) is -0.432. The molecule has 3 aromatic rings. The molecule has 0 spiro atoms. The Labute approximate surface area is 141 Å². The molecule has 0 saturated heterocycles. The molecule has 0 aliphatic rings. The quantitative estimate of drug-likeness (QED) is 0.734. The molecule has 120 valence electrons. The van der Waals surface area contributed by atoms with Crippen LogP contribution in [0.5, 0.6) is 0 Å². The lowest BCUT2D eigenvalue weighted by molar-refractivity contribution is 0.100. The van der Waals surface area contributed by atoms with Gasteiger partial charge in [-0.15, -0.1) is 0 Å². The van der Waals surface area contributed by atoms with Gasteiger partial charge in [-0.1, -0.05) is 48.5 Å². The van der Waals surface area contributed by atoms with Crippen molar-refractivity contribution in [2.75, 3.05) is 0 Å². The van der Waals surface area contributed by atoms with Crippen LogP contribution in [0.2, 0.25) is 0 Å². The van der Waals surface area contributed by atoms with E-state index in [0.717, 1.165) is 29.9 Å². The fourth-order valence-corrected chi connectivity index (χ4v) is 2.48. The van der Waals surface area contributed by atoms with Gasteiger partial charge in [-0.05, 0) is 29.3 Å². The van der Waals surface area contributed by atoms with E-state index >= 15 is 0 Å². The molecule has 4 heteroatoms. The van der Waals surface area contributed by atoms with Crippen molar-refractivity contribution in [3.05, 3.63) is 89.6 Å². The number of carbonyl (C=O) groups excluding carboxylic acids is 1. The van der Waals surface area contributed by atoms with Gasteiger partial charge in [0.2, 0.25) is 5.91 Å². The highest BCUT2D eigenvalue weighted by molar-refractivity contribution is 5.93. The Hall–Kier alpha value is -2.98. The van der Waals surface area contributed by atoms with Crippen LogP contribution in [0.3, 0.4) is 0 Å². The minimum absolute atomic E-state index is 0.432. The molecule has 0 unspecified atom stereocenters. The molecule has 0 radical (unpaired) electrons. The molecule has 1 heterocycles. The maximum atomic E-state index is 11.3. The Morgan fingerprint density at radius 1 is 0.917 bits per heavy atom. The molecular formula is C20H19N3O. The number of benzene rings is 2. The van der Waals surface area contributed by atoms with Crippen LogP contribution in [0, 0.1) is 0 Å². The number of pyridine rings is 1. The van der Waals surface area contributed by atoms with E-state index in [4.69, 9.17) is 5.73 Å². The van der Waals surface area contributed by atoms with E-state index < -0.39 is 5.91 Å². The molecule has 24 heavy (non-hydrogen) atoms. The van der Waals surface area contributed by atoms with Crippen molar-refractivity contribution in [2.24, 2.45) is 5.73 Å². The molecular weight excluding hydrogens is 298 g/mol. The molecule has 2 aromatic carbocycles. The summed E-state index contributed by atoms with van der Waals surface area (Å²) < 4.78 is 0. The topological polar surface area (TPSA) is 68.0 Å². The number of nitrogens with one attached hydrogen (secondary N) is 1. The molecule has 0 bridgehead atoms. The fourth-order valence-electron chi connectivity index (χ4n) is 2.48. The third-order valence-electron chi connectivity index (χ3n) is 3.77. The molecule has 0 aliphatic heterocycles. The Kier molecular flexibility index (Phi) is 4.99. The zero-order valence-electron chi connectivity index (χ0n) is 13.3. The van der Waals surface area contributed by atoms with Crippen LogP contribution < -0.4 is 11.1 Å². The second-order valence-electron chi connectivity index (χ2n) is 5.59. The van der Waals surface area contributed by atoms with Gasteiger partial charge >= 0.3 is 0 Å². The third-order valence-corrected chi connectivity index (χ3v) is 3.77. The van der Waals surface area contributed by atoms with Gasteiger partial charge in [-0.3, -0.25) is 9.78 Å². The average Bonchev–Trinajstić information content (AvgIpc) is 2.63. The predicted octanol–water partition coefficient (Wildman–Crippen LogP) is 3.14. The monoisotopic (exact) mass is 317 g/mol. The van der Waals surface area contributed by atoms with Gasteiger partial charge in [-0.25, -0.2) is 0 Å². The van der Waals surface area contributed by atoms with E-state index in [1.165, 1.54) is 5.56 Å². The van der Waals surface area contributed by atoms with Crippen LogP contribution in [0.15, 0.2) is 72.9 Å². The molecule has 4 nitrogen and oxygen atoms in total. The van der Waals surface area contributed by atoms with Crippen LogP contribution in [-0.4, -0.2) is 10.9 Å². The Balaban J connectivity index is 1.63. The first kappa shape index (κ1) is 15.9. The van der Waals surface area contributed by atoms with Gasteiger partial charge < -0.3 is 11.1 Å². The maximum Gasteiger partial charge on any atom is 0.248 e. The van der Waals surface area contributed by atoms with Crippen molar-refractivity contribution in [1.82, 2.24) is 10.3 Å². The number of hydrogen-bond acceptors (Lipinski definition) is 3. The maximum absolute atomic E-state index is 11.3. The highest BCUT2D eigenvalue weighted by Crippen LogP contribution is 2.18. The van der Waals surface area contributed by atoms with Gasteiger partial charge in [0.25, 0.3) is 0 Å². The first-order valence-electron chi connectivity index (χ1n) is 7.82. The number of aromatic nitrogens is 1. The zero-order chi connectivity index (χ0) is 16.8. The first-order valence-corrected chi connectivity index (χ1v) is 7.82. The second-order valence-corrected chi connectivity index (χ2v) is 5.59. The van der Waals surface area contributed by atoms with Gasteiger partial charge in [-0.2, -0.15) is 0 Å². The van der Waals surface area contributed by atoms with Crippen molar-refractivity contribution < 1.29 is 4.79 Å². The van der Waals surface area contributed by atoms with E-state index in [-0.39, 0.29) is 0 Å². The Morgan fingerprint density at radius 3 is 2.42 bits per heavy atom. The summed E-state index contributed by atoms with van der Waals surface area (Å²) in [6.45, 7) is 1.58. The summed E-state index contributed by atoms with van der Waals surface area (Å²) in [5.41, 5.74) is 9.88. The first-order chi connectivity index (χ1) is 11.7. The summed E-state index contributed by atoms with van der Waals surface area (Å²) in [6, 6.07) is 21.5. The number of rotatable bonds is 6. The Morgan fingerprint density at radius 2 is 1.71 bits per heavy atom. The normalized spacial score (nSPS) is 10.5. The molecule has 1 aromatic heterocycles. The van der Waals surface area contributed by atoms with E-state index in [1.54, 1.807) is 12.1 Å². The highest BCUT2D eigenvalue weighted by atomic mass is 16.1. The van der Waals surface area contributed by atoms with Crippen molar-refractivity contribution in [3.8, 4) is 11.3 Å². The smallest absolute Gasteiger partial charge is 0.248 e. The largest absolute Gasteiger partial charge is 0.366 e. The van der Waals surface area contributed by atoms with E-state index in [2.05, 4.69) is 22.4 Å². The number of amides is 1. The molecule has 0 aliphatic carbocycles. The van der Waals surface area contributed by atoms with Crippen LogP contribution >= 0.6 is 0 Å². The number of nitrogens with zero attached hydrogens (tertiary/aromatic N) is 1. The van der Waals surface area contributed by atoms with Crippen LogP contribution in [0.1, 0.15) is 21.5 Å². The Bertz CT molecular complexity index is 814. The molecule has 0 atom stereocenters. The summed E-state index contributed by atoms with van der Waals surface area (Å²) in [5, 5.41) is 3.40. The lowest BCUT2D eigenvalue weighted by atomic mass is 10.1. The average molecular weight is 317 g/mol. The summed E-state index contributed by atoms with van der Waals surface area (Å²) in [7, 11) is 0. The van der Waals surface area contributed by atoms with E-state index in [0.29, 0.717) is 5.56 Å². The highest BCUT2D eigenvalue weighted by Gasteiger charge is 2.04. The molecule has 0 saturated carbocycles. The van der Waals surface area contributed by atoms with Crippen LogP contribution in [0.4, 0.5) is 0 Å². The molecule has 0 fully saturated rings. The summed E-state index contributed by atoms with van der Waals surface area (Å²) in [6.07, 6.45) is 1.85. The van der Waals surface area contributed by atoms with Crippen LogP contribution in [0.25, 0.3) is 11.3 Å². The van der Waals surface area contributed by atoms with Crippen molar-refractivity contribution in [2.45, 2.75) is 13.1 Å². The predicted molar refractivity (Wildman–Crippen MR) is 95.2 cm³/mol. The van der Waals surface area contributed by atoms with E-state index in [1.807, 2.05) is 48.7 Å². The van der Waals surface area contributed by atoms with Crippen molar-refractivity contribution in [1.29, 1.82) is 0 Å². The van der Waals surface area contributed by atoms with Gasteiger partial charge in [0.1, 0.15) is 0 Å². The fraction of sp³-hybridized carbons (Fsp3) is 0.100. The number of nitrogens with two attached hydrogens (primary N) is 1. The van der Waals surface area contributed by atoms with Crippen LogP contribution in [-0.2, 0) is 13.1 Å². The minimum atomic E-state index is -0.432. The standard InChI is InChI=1S/C20H19N3O/c21-20(24)18-8-4-7-17(11-18)19-10-9-16(14-23-19)13-22-12-15-5-2-1-3-6-15/h1-11,14,22H,12-13H2,(H2,21,24). The molecule has 3 N–H and O–H groups in total. The third kappa shape index (κ3) is 4.06. The van der Waals surface area contributed by atoms with Gasteiger partial charge in [0.15, 0.2) is 0 Å². The number of primary amides is 1.